The lowest BCUT2D eigenvalue weighted by atomic mass is 9.99. The number of rotatable bonds is 48. The van der Waals surface area contributed by atoms with E-state index >= 15 is 0 Å². The van der Waals surface area contributed by atoms with Crippen molar-refractivity contribution in [2.24, 2.45) is 0 Å². The van der Waals surface area contributed by atoms with Crippen molar-refractivity contribution >= 4 is 5.97 Å². The van der Waals surface area contributed by atoms with E-state index in [2.05, 4.69) is 62.5 Å². The molecule has 0 aromatic carbocycles. The molecule has 0 spiro atoms. The fraction of sp³-hybridized carbons (Fsp3) is 0.842. The van der Waals surface area contributed by atoms with E-state index in [1.807, 2.05) is 0 Å². The van der Waals surface area contributed by atoms with Crippen molar-refractivity contribution in [1.82, 2.24) is 0 Å². The number of ether oxygens (including phenoxy) is 4. The molecular formula is C57H104O9. The number of aliphatic hydroxyl groups excluding tert-OH is 4. The van der Waals surface area contributed by atoms with Crippen LogP contribution in [-0.4, -0.2) is 89.6 Å². The molecule has 1 aliphatic rings. The average Bonchev–Trinajstić information content (AvgIpc) is 3.32. The summed E-state index contributed by atoms with van der Waals surface area (Å²) in [4.78, 5) is 12.9. The van der Waals surface area contributed by atoms with E-state index in [0.717, 1.165) is 64.2 Å². The molecule has 1 heterocycles. The molecule has 9 nitrogen and oxygen atoms in total. The molecule has 0 aromatic rings. The van der Waals surface area contributed by atoms with Gasteiger partial charge in [0.2, 0.25) is 0 Å². The third-order valence-electron chi connectivity index (χ3n) is 12.8. The van der Waals surface area contributed by atoms with Gasteiger partial charge >= 0.3 is 5.97 Å². The summed E-state index contributed by atoms with van der Waals surface area (Å²) < 4.78 is 23.0. The molecule has 0 aromatic heterocycles. The molecule has 6 unspecified atom stereocenters. The third-order valence-corrected chi connectivity index (χ3v) is 12.8. The number of esters is 1. The number of aliphatic hydroxyl groups is 4. The van der Waals surface area contributed by atoms with Crippen LogP contribution in [0.25, 0.3) is 0 Å². The Balaban J connectivity index is 2.17. The first-order valence-electron chi connectivity index (χ1n) is 27.7. The number of unbranched alkanes of at least 4 members (excludes halogenated alkanes) is 29. The zero-order valence-corrected chi connectivity index (χ0v) is 42.7. The minimum absolute atomic E-state index is 0.114. The highest BCUT2D eigenvalue weighted by Gasteiger charge is 2.44. The van der Waals surface area contributed by atoms with Gasteiger partial charge in [0, 0.05) is 13.0 Å². The molecule has 0 bridgehead atoms. The highest BCUT2D eigenvalue weighted by Crippen LogP contribution is 2.23. The Bertz CT molecular complexity index is 1150. The van der Waals surface area contributed by atoms with Gasteiger partial charge in [0.25, 0.3) is 0 Å². The fourth-order valence-corrected chi connectivity index (χ4v) is 8.49. The van der Waals surface area contributed by atoms with Crippen LogP contribution in [0.5, 0.6) is 0 Å². The maximum absolute atomic E-state index is 12.9. The lowest BCUT2D eigenvalue weighted by Crippen LogP contribution is -2.59. The minimum atomic E-state index is -1.54. The predicted octanol–water partition coefficient (Wildman–Crippen LogP) is 14.0. The van der Waals surface area contributed by atoms with Crippen LogP contribution in [0.15, 0.2) is 48.6 Å². The number of carbonyl (C=O) groups is 1. The van der Waals surface area contributed by atoms with Crippen molar-refractivity contribution in [3.05, 3.63) is 48.6 Å². The van der Waals surface area contributed by atoms with Gasteiger partial charge in [-0.25, -0.2) is 0 Å². The molecule has 1 aliphatic heterocycles. The van der Waals surface area contributed by atoms with Gasteiger partial charge < -0.3 is 39.4 Å². The smallest absolute Gasteiger partial charge is 0.306 e. The summed E-state index contributed by atoms with van der Waals surface area (Å²) in [6.45, 7) is 4.47. The number of hydrogen-bond donors (Lipinski definition) is 4. The Hall–Kier alpha value is -1.85. The summed E-state index contributed by atoms with van der Waals surface area (Å²) in [6.07, 6.45) is 54.4. The topological polar surface area (TPSA) is 135 Å². The van der Waals surface area contributed by atoms with Gasteiger partial charge in [-0.3, -0.25) is 4.79 Å². The van der Waals surface area contributed by atoms with E-state index < -0.39 is 43.4 Å². The van der Waals surface area contributed by atoms with Gasteiger partial charge in [0.15, 0.2) is 6.29 Å². The second-order valence-corrected chi connectivity index (χ2v) is 19.0. The van der Waals surface area contributed by atoms with Gasteiger partial charge in [-0.2, -0.15) is 0 Å². The van der Waals surface area contributed by atoms with Gasteiger partial charge in [-0.1, -0.05) is 236 Å². The molecule has 1 rings (SSSR count). The minimum Gasteiger partial charge on any atom is -0.457 e. The summed E-state index contributed by atoms with van der Waals surface area (Å²) in [5, 5.41) is 40.3. The van der Waals surface area contributed by atoms with E-state index in [4.69, 9.17) is 18.9 Å². The van der Waals surface area contributed by atoms with Gasteiger partial charge in [-0.15, -0.1) is 0 Å². The second kappa shape index (κ2) is 48.2. The second-order valence-electron chi connectivity index (χ2n) is 19.0. The summed E-state index contributed by atoms with van der Waals surface area (Å²) in [7, 11) is 0. The summed E-state index contributed by atoms with van der Waals surface area (Å²) in [5.41, 5.74) is 0. The third kappa shape index (κ3) is 38.1. The van der Waals surface area contributed by atoms with Crippen molar-refractivity contribution in [2.75, 3.05) is 26.4 Å². The van der Waals surface area contributed by atoms with E-state index in [0.29, 0.717) is 13.0 Å². The quantitative estimate of drug-likeness (QED) is 0.0267. The highest BCUT2D eigenvalue weighted by molar-refractivity contribution is 5.69. The molecule has 0 amide bonds. The molecule has 6 atom stereocenters. The molecule has 0 saturated carbocycles. The maximum atomic E-state index is 12.9. The zero-order valence-electron chi connectivity index (χ0n) is 42.7. The van der Waals surface area contributed by atoms with E-state index in [9.17, 15) is 25.2 Å². The first-order chi connectivity index (χ1) is 32.4. The molecular weight excluding hydrogens is 829 g/mol. The molecule has 0 radical (unpaired) electrons. The zero-order chi connectivity index (χ0) is 47.8. The van der Waals surface area contributed by atoms with E-state index in [1.54, 1.807) is 0 Å². The number of allylic oxidation sites excluding steroid dienone is 8. The van der Waals surface area contributed by atoms with Crippen molar-refractivity contribution in [3.8, 4) is 0 Å². The summed E-state index contributed by atoms with van der Waals surface area (Å²) in [6, 6.07) is 0. The lowest BCUT2D eigenvalue weighted by molar-refractivity contribution is -0.305. The van der Waals surface area contributed by atoms with Crippen molar-refractivity contribution < 1.29 is 44.2 Å². The average molecular weight is 933 g/mol. The van der Waals surface area contributed by atoms with Crippen LogP contribution >= 0.6 is 0 Å². The summed E-state index contributed by atoms with van der Waals surface area (Å²) in [5.74, 6) is -0.312. The normalized spacial score (nSPS) is 19.6. The first kappa shape index (κ1) is 62.2. The SMILES string of the molecule is CC/C=C\C/C=C\C/C=C\C/C=C\CCCCCCCCCCCOCC(COC1OC(CO)C(O)C(O)C1O)OC(=O)CCCCCCCCCCCCCCCCCCCCCCC. The van der Waals surface area contributed by atoms with Crippen molar-refractivity contribution in [1.29, 1.82) is 0 Å². The monoisotopic (exact) mass is 933 g/mol. The molecule has 4 N–H and O–H groups in total. The van der Waals surface area contributed by atoms with Crippen LogP contribution in [0.2, 0.25) is 0 Å². The van der Waals surface area contributed by atoms with Crippen LogP contribution in [0, 0.1) is 0 Å². The Labute approximate surface area is 405 Å². The molecule has 386 valence electrons. The Morgan fingerprint density at radius 3 is 1.39 bits per heavy atom. The van der Waals surface area contributed by atoms with E-state index in [1.165, 1.54) is 161 Å². The molecule has 9 heteroatoms. The standard InChI is InChI=1S/C57H104O9/c1-3-5-7-9-11-13-15-17-19-21-23-25-27-29-31-33-35-37-39-41-43-45-47-63-49-51(50-64-57-56(62)55(61)54(60)52(48-58)66-57)65-53(59)46-44-42-40-38-36-34-32-30-28-26-24-22-20-18-16-14-12-10-8-6-4-2/h5,7,11,13,17,19,23,25,51-52,54-58,60-62H,3-4,6,8-10,12,14-16,18,20-22,24,26-50H2,1-2H3/b7-5-,13-11-,19-17-,25-23-. The Morgan fingerprint density at radius 1 is 0.500 bits per heavy atom. The summed E-state index contributed by atoms with van der Waals surface area (Å²) >= 11 is 0. The lowest BCUT2D eigenvalue weighted by Gasteiger charge is -2.39. The maximum Gasteiger partial charge on any atom is 0.306 e. The number of carbonyl (C=O) groups excluding carboxylic acids is 1. The molecule has 66 heavy (non-hydrogen) atoms. The van der Waals surface area contributed by atoms with Crippen molar-refractivity contribution in [2.45, 2.75) is 282 Å². The Kier molecular flexibility index (Phi) is 45.4. The first-order valence-corrected chi connectivity index (χ1v) is 27.7. The van der Waals surface area contributed by atoms with Crippen LogP contribution in [0.4, 0.5) is 0 Å². The van der Waals surface area contributed by atoms with Crippen LogP contribution in [-0.2, 0) is 23.7 Å². The van der Waals surface area contributed by atoms with Crippen LogP contribution < -0.4 is 0 Å². The van der Waals surface area contributed by atoms with Crippen molar-refractivity contribution in [3.63, 3.8) is 0 Å². The van der Waals surface area contributed by atoms with Gasteiger partial charge in [0.05, 0.1) is 19.8 Å². The number of hydrogen-bond acceptors (Lipinski definition) is 9. The molecule has 1 fully saturated rings. The predicted molar refractivity (Wildman–Crippen MR) is 275 cm³/mol. The van der Waals surface area contributed by atoms with Gasteiger partial charge in [-0.05, 0) is 51.4 Å². The molecule has 0 aliphatic carbocycles. The van der Waals surface area contributed by atoms with Crippen LogP contribution in [0.1, 0.15) is 245 Å². The Morgan fingerprint density at radius 2 is 0.924 bits per heavy atom. The molecule has 1 saturated heterocycles. The van der Waals surface area contributed by atoms with E-state index in [-0.39, 0.29) is 19.2 Å². The largest absolute Gasteiger partial charge is 0.457 e. The fourth-order valence-electron chi connectivity index (χ4n) is 8.49. The van der Waals surface area contributed by atoms with Gasteiger partial charge in [0.1, 0.15) is 30.5 Å². The van der Waals surface area contributed by atoms with Crippen LogP contribution in [0.3, 0.4) is 0 Å². The highest BCUT2D eigenvalue weighted by atomic mass is 16.7.